The number of benzene rings is 2. The van der Waals surface area contributed by atoms with Crippen LogP contribution >= 0.6 is 0 Å². The molecule has 30 heavy (non-hydrogen) atoms. The van der Waals surface area contributed by atoms with Gasteiger partial charge in [0.25, 0.3) is 5.91 Å². The summed E-state index contributed by atoms with van der Waals surface area (Å²) >= 11 is 0. The number of aromatic amines is 1. The minimum Gasteiger partial charge on any atom is -0.385 e. The first kappa shape index (κ1) is 19.7. The molecule has 5 heteroatoms. The molecule has 0 aliphatic carbocycles. The topological polar surface area (TPSA) is 69.8 Å². The van der Waals surface area contributed by atoms with Gasteiger partial charge in [-0.25, -0.2) is 0 Å². The Morgan fingerprint density at radius 2 is 1.77 bits per heavy atom. The van der Waals surface area contributed by atoms with Crippen molar-refractivity contribution in [2.75, 3.05) is 18.4 Å². The molecule has 152 valence electrons. The van der Waals surface area contributed by atoms with Crippen LogP contribution in [0.25, 0.3) is 10.9 Å². The maximum atomic E-state index is 12.5. The van der Waals surface area contributed by atoms with Crippen molar-refractivity contribution >= 4 is 22.5 Å². The SMILES string of the molecule is O=C(NCCc1c[nH]c2ccccc12)c1cc(NCCCc2ccccc2)ccn1. The molecule has 2 aromatic heterocycles. The number of amides is 1. The van der Waals surface area contributed by atoms with Crippen molar-refractivity contribution in [1.29, 1.82) is 0 Å². The molecule has 0 atom stereocenters. The van der Waals surface area contributed by atoms with Crippen molar-refractivity contribution in [3.05, 3.63) is 95.9 Å². The number of rotatable bonds is 9. The number of para-hydroxylation sites is 1. The molecule has 0 bridgehead atoms. The third-order valence-electron chi connectivity index (χ3n) is 5.16. The second-order valence-corrected chi connectivity index (χ2v) is 7.31. The number of aromatic nitrogens is 2. The van der Waals surface area contributed by atoms with Crippen LogP contribution in [0.5, 0.6) is 0 Å². The van der Waals surface area contributed by atoms with Crippen LogP contribution in [0.4, 0.5) is 5.69 Å². The number of fused-ring (bicyclic) bond motifs is 1. The van der Waals surface area contributed by atoms with Crippen LogP contribution in [-0.2, 0) is 12.8 Å². The minimum atomic E-state index is -0.150. The molecule has 4 aromatic rings. The Kier molecular flexibility index (Phi) is 6.40. The number of anilines is 1. The summed E-state index contributed by atoms with van der Waals surface area (Å²) in [4.78, 5) is 20.0. The van der Waals surface area contributed by atoms with Crippen LogP contribution in [0.1, 0.15) is 28.0 Å². The van der Waals surface area contributed by atoms with Crippen LogP contribution in [0, 0.1) is 0 Å². The van der Waals surface area contributed by atoms with Crippen LogP contribution in [-0.4, -0.2) is 29.0 Å². The zero-order valence-electron chi connectivity index (χ0n) is 16.9. The lowest BCUT2D eigenvalue weighted by atomic mass is 10.1. The molecule has 0 radical (unpaired) electrons. The fourth-order valence-corrected chi connectivity index (χ4v) is 3.57. The van der Waals surface area contributed by atoms with Gasteiger partial charge in [0.15, 0.2) is 0 Å². The summed E-state index contributed by atoms with van der Waals surface area (Å²) in [5, 5.41) is 7.56. The lowest BCUT2D eigenvalue weighted by Crippen LogP contribution is -2.26. The molecule has 2 aromatic carbocycles. The van der Waals surface area contributed by atoms with Gasteiger partial charge in [0.05, 0.1) is 0 Å². The van der Waals surface area contributed by atoms with E-state index in [1.54, 1.807) is 6.20 Å². The van der Waals surface area contributed by atoms with Crippen molar-refractivity contribution < 1.29 is 4.79 Å². The first-order chi connectivity index (χ1) is 14.8. The Morgan fingerprint density at radius 3 is 2.67 bits per heavy atom. The molecular weight excluding hydrogens is 372 g/mol. The zero-order chi connectivity index (χ0) is 20.6. The summed E-state index contributed by atoms with van der Waals surface area (Å²) in [6.45, 7) is 1.41. The third kappa shape index (κ3) is 5.06. The van der Waals surface area contributed by atoms with E-state index >= 15 is 0 Å². The van der Waals surface area contributed by atoms with Gasteiger partial charge >= 0.3 is 0 Å². The van der Waals surface area contributed by atoms with Crippen molar-refractivity contribution in [2.24, 2.45) is 0 Å². The molecule has 4 rings (SSSR count). The number of nitrogens with zero attached hydrogens (tertiary/aromatic N) is 1. The second kappa shape index (κ2) is 9.74. The lowest BCUT2D eigenvalue weighted by Gasteiger charge is -2.09. The molecule has 3 N–H and O–H groups in total. The van der Waals surface area contributed by atoms with Gasteiger partial charge in [0.2, 0.25) is 0 Å². The van der Waals surface area contributed by atoms with E-state index in [4.69, 9.17) is 0 Å². The minimum absolute atomic E-state index is 0.150. The highest BCUT2D eigenvalue weighted by Gasteiger charge is 2.09. The fourth-order valence-electron chi connectivity index (χ4n) is 3.57. The van der Waals surface area contributed by atoms with Crippen LogP contribution < -0.4 is 10.6 Å². The van der Waals surface area contributed by atoms with Gasteiger partial charge in [-0.05, 0) is 48.6 Å². The van der Waals surface area contributed by atoms with Crippen molar-refractivity contribution in [3.63, 3.8) is 0 Å². The van der Waals surface area contributed by atoms with Gasteiger partial charge < -0.3 is 15.6 Å². The van der Waals surface area contributed by atoms with E-state index in [1.165, 1.54) is 16.5 Å². The van der Waals surface area contributed by atoms with E-state index in [-0.39, 0.29) is 5.91 Å². The van der Waals surface area contributed by atoms with Crippen LogP contribution in [0.3, 0.4) is 0 Å². The van der Waals surface area contributed by atoms with Gasteiger partial charge in [-0.2, -0.15) is 0 Å². The molecule has 0 aliphatic rings. The van der Waals surface area contributed by atoms with Gasteiger partial charge in [-0.15, -0.1) is 0 Å². The fraction of sp³-hybridized carbons (Fsp3) is 0.200. The number of carbonyl (C=O) groups excluding carboxylic acids is 1. The normalized spacial score (nSPS) is 10.8. The summed E-state index contributed by atoms with van der Waals surface area (Å²) in [5.74, 6) is -0.150. The van der Waals surface area contributed by atoms with E-state index in [1.807, 2.05) is 36.5 Å². The standard InChI is InChI=1S/C25H26N4O/c30-25(28-15-12-20-18-29-23-11-5-4-10-22(20)23)24-17-21(13-16-27-24)26-14-6-9-19-7-2-1-3-8-19/h1-5,7-8,10-11,13,16-18,29H,6,9,12,14-15H2,(H,26,27)(H,28,30). The first-order valence-corrected chi connectivity index (χ1v) is 10.4. The Labute approximate surface area is 176 Å². The molecule has 2 heterocycles. The maximum absolute atomic E-state index is 12.5. The van der Waals surface area contributed by atoms with Gasteiger partial charge in [-0.3, -0.25) is 9.78 Å². The van der Waals surface area contributed by atoms with E-state index in [9.17, 15) is 4.79 Å². The van der Waals surface area contributed by atoms with E-state index in [0.29, 0.717) is 12.2 Å². The van der Waals surface area contributed by atoms with E-state index in [0.717, 1.165) is 37.0 Å². The number of hydrogen-bond donors (Lipinski definition) is 3. The van der Waals surface area contributed by atoms with Crippen molar-refractivity contribution in [1.82, 2.24) is 15.3 Å². The van der Waals surface area contributed by atoms with Crippen LogP contribution in [0.2, 0.25) is 0 Å². The predicted molar refractivity (Wildman–Crippen MR) is 122 cm³/mol. The monoisotopic (exact) mass is 398 g/mol. The van der Waals surface area contributed by atoms with Crippen LogP contribution in [0.15, 0.2) is 79.1 Å². The zero-order valence-corrected chi connectivity index (χ0v) is 16.9. The summed E-state index contributed by atoms with van der Waals surface area (Å²) < 4.78 is 0. The lowest BCUT2D eigenvalue weighted by molar-refractivity contribution is 0.0949. The average molecular weight is 399 g/mol. The smallest absolute Gasteiger partial charge is 0.269 e. The molecule has 0 saturated carbocycles. The van der Waals surface area contributed by atoms with Crippen molar-refractivity contribution in [3.8, 4) is 0 Å². The van der Waals surface area contributed by atoms with Gasteiger partial charge in [0, 0.05) is 42.1 Å². The molecule has 0 aliphatic heterocycles. The number of nitrogens with one attached hydrogen (secondary N) is 3. The Hall–Kier alpha value is -3.60. The summed E-state index contributed by atoms with van der Waals surface area (Å²) in [5.41, 5.74) is 5.00. The molecule has 5 nitrogen and oxygen atoms in total. The third-order valence-corrected chi connectivity index (χ3v) is 5.16. The first-order valence-electron chi connectivity index (χ1n) is 10.4. The molecule has 0 fully saturated rings. The quantitative estimate of drug-likeness (QED) is 0.362. The average Bonchev–Trinajstić information content (AvgIpc) is 3.21. The molecule has 0 spiro atoms. The summed E-state index contributed by atoms with van der Waals surface area (Å²) in [7, 11) is 0. The van der Waals surface area contributed by atoms with E-state index in [2.05, 4.69) is 57.0 Å². The van der Waals surface area contributed by atoms with E-state index < -0.39 is 0 Å². The Balaban J connectivity index is 1.25. The highest BCUT2D eigenvalue weighted by Crippen LogP contribution is 2.17. The summed E-state index contributed by atoms with van der Waals surface area (Å²) in [6, 6.07) is 22.3. The molecular formula is C25H26N4O. The second-order valence-electron chi connectivity index (χ2n) is 7.31. The Morgan fingerprint density at radius 1 is 0.933 bits per heavy atom. The number of pyridine rings is 1. The number of hydrogen-bond acceptors (Lipinski definition) is 3. The number of aryl methyl sites for hydroxylation is 1. The highest BCUT2D eigenvalue weighted by molar-refractivity contribution is 5.93. The molecule has 1 amide bonds. The van der Waals surface area contributed by atoms with Gasteiger partial charge in [0.1, 0.15) is 5.69 Å². The maximum Gasteiger partial charge on any atom is 0.269 e. The highest BCUT2D eigenvalue weighted by atomic mass is 16.1. The summed E-state index contributed by atoms with van der Waals surface area (Å²) in [6.07, 6.45) is 6.51. The van der Waals surface area contributed by atoms with Crippen molar-refractivity contribution in [2.45, 2.75) is 19.3 Å². The molecule has 0 unspecified atom stereocenters. The molecule has 0 saturated heterocycles. The number of carbonyl (C=O) groups is 1. The van der Waals surface area contributed by atoms with Gasteiger partial charge in [-0.1, -0.05) is 48.5 Å². The number of H-pyrrole nitrogens is 1. The largest absolute Gasteiger partial charge is 0.385 e. The Bertz CT molecular complexity index is 1100. The predicted octanol–water partition coefficient (Wildman–Crippen LogP) is 4.58.